The summed E-state index contributed by atoms with van der Waals surface area (Å²) in [5.74, 6) is 0.823. The molecule has 0 aromatic heterocycles. The molecule has 2 unspecified atom stereocenters. The summed E-state index contributed by atoms with van der Waals surface area (Å²) in [6, 6.07) is 0.585. The van der Waals surface area contributed by atoms with Gasteiger partial charge in [-0.2, -0.15) is 0 Å². The van der Waals surface area contributed by atoms with Crippen LogP contribution in [0.3, 0.4) is 0 Å². The molecular formula is C18H35N3O2. The zero-order chi connectivity index (χ0) is 16.7. The Morgan fingerprint density at radius 1 is 1.30 bits per heavy atom. The van der Waals surface area contributed by atoms with Gasteiger partial charge in [0.05, 0.1) is 19.3 Å². The Morgan fingerprint density at radius 2 is 2.13 bits per heavy atom. The minimum Gasteiger partial charge on any atom is -0.374 e. The van der Waals surface area contributed by atoms with Crippen LogP contribution in [0.4, 0.5) is 0 Å². The SMILES string of the molecule is CCC1CCCCN1CC(=O)NCC1CN(CC(C)C)CCO1. The lowest BCUT2D eigenvalue weighted by molar-refractivity contribution is -0.124. The molecule has 0 radical (unpaired) electrons. The number of hydrogen-bond donors (Lipinski definition) is 1. The molecule has 23 heavy (non-hydrogen) atoms. The summed E-state index contributed by atoms with van der Waals surface area (Å²) in [6.07, 6.45) is 5.04. The first-order chi connectivity index (χ1) is 11.1. The number of nitrogens with zero attached hydrogens (tertiary/aromatic N) is 2. The second kappa shape index (κ2) is 9.60. The smallest absolute Gasteiger partial charge is 0.234 e. The third kappa shape index (κ3) is 6.40. The molecule has 0 aromatic carbocycles. The molecule has 1 N–H and O–H groups in total. The van der Waals surface area contributed by atoms with Crippen LogP contribution in [-0.4, -0.2) is 73.7 Å². The minimum absolute atomic E-state index is 0.134. The number of carbonyl (C=O) groups excluding carboxylic acids is 1. The van der Waals surface area contributed by atoms with Crippen molar-refractivity contribution in [3.63, 3.8) is 0 Å². The van der Waals surface area contributed by atoms with Crippen LogP contribution in [0.5, 0.6) is 0 Å². The predicted octanol–water partition coefficient (Wildman–Crippen LogP) is 1.72. The van der Waals surface area contributed by atoms with Crippen LogP contribution in [0.1, 0.15) is 46.5 Å². The molecule has 0 saturated carbocycles. The molecule has 2 atom stereocenters. The van der Waals surface area contributed by atoms with Gasteiger partial charge in [-0.1, -0.05) is 27.2 Å². The molecule has 2 rings (SSSR count). The number of piperidine rings is 1. The fourth-order valence-corrected chi connectivity index (χ4v) is 3.78. The van der Waals surface area contributed by atoms with Gasteiger partial charge in [-0.05, 0) is 31.7 Å². The average Bonchev–Trinajstić information content (AvgIpc) is 2.53. The van der Waals surface area contributed by atoms with Crippen LogP contribution in [0.25, 0.3) is 0 Å². The molecule has 0 spiro atoms. The number of nitrogens with one attached hydrogen (secondary N) is 1. The van der Waals surface area contributed by atoms with Crippen molar-refractivity contribution in [2.75, 3.05) is 45.9 Å². The van der Waals surface area contributed by atoms with E-state index in [1.807, 2.05) is 0 Å². The third-order valence-electron chi connectivity index (χ3n) is 4.94. The first kappa shape index (κ1) is 18.7. The Labute approximate surface area is 141 Å². The minimum atomic E-state index is 0.134. The standard InChI is InChI=1S/C18H35N3O2/c1-4-16-7-5-6-8-21(16)14-18(22)19-11-17-13-20(9-10-23-17)12-15(2)3/h15-17H,4-14H2,1-3H3,(H,19,22). The topological polar surface area (TPSA) is 44.8 Å². The van der Waals surface area contributed by atoms with Crippen molar-refractivity contribution in [3.05, 3.63) is 0 Å². The van der Waals surface area contributed by atoms with Crippen LogP contribution in [0, 0.1) is 5.92 Å². The molecule has 0 aliphatic carbocycles. The fourth-order valence-electron chi connectivity index (χ4n) is 3.78. The highest BCUT2D eigenvalue weighted by atomic mass is 16.5. The number of carbonyl (C=O) groups is 1. The van der Waals surface area contributed by atoms with E-state index >= 15 is 0 Å². The predicted molar refractivity (Wildman–Crippen MR) is 93.5 cm³/mol. The van der Waals surface area contributed by atoms with Gasteiger partial charge in [-0.25, -0.2) is 0 Å². The maximum absolute atomic E-state index is 12.3. The van der Waals surface area contributed by atoms with Gasteiger partial charge >= 0.3 is 0 Å². The van der Waals surface area contributed by atoms with Crippen LogP contribution in [0.15, 0.2) is 0 Å². The van der Waals surface area contributed by atoms with E-state index in [0.29, 0.717) is 25.0 Å². The molecule has 2 fully saturated rings. The molecule has 5 heteroatoms. The van der Waals surface area contributed by atoms with Gasteiger partial charge in [-0.15, -0.1) is 0 Å². The van der Waals surface area contributed by atoms with Crippen molar-refractivity contribution in [3.8, 4) is 0 Å². The van der Waals surface area contributed by atoms with Crippen LogP contribution < -0.4 is 5.32 Å². The first-order valence-electron chi connectivity index (χ1n) is 9.43. The van der Waals surface area contributed by atoms with Crippen molar-refractivity contribution in [1.29, 1.82) is 0 Å². The van der Waals surface area contributed by atoms with Crippen molar-refractivity contribution in [2.24, 2.45) is 5.92 Å². The van der Waals surface area contributed by atoms with Gasteiger partial charge in [-0.3, -0.25) is 14.6 Å². The molecule has 2 aliphatic rings. The second-order valence-electron chi connectivity index (χ2n) is 7.48. The van der Waals surface area contributed by atoms with Gasteiger partial charge in [0.1, 0.15) is 0 Å². The molecule has 5 nitrogen and oxygen atoms in total. The second-order valence-corrected chi connectivity index (χ2v) is 7.48. The molecule has 134 valence electrons. The van der Waals surface area contributed by atoms with E-state index in [4.69, 9.17) is 4.74 Å². The Kier molecular flexibility index (Phi) is 7.80. The normalized spacial score (nSPS) is 27.3. The van der Waals surface area contributed by atoms with Gasteiger partial charge < -0.3 is 10.1 Å². The summed E-state index contributed by atoms with van der Waals surface area (Å²) in [4.78, 5) is 17.1. The average molecular weight is 325 g/mol. The van der Waals surface area contributed by atoms with Gasteiger partial charge in [0.15, 0.2) is 0 Å². The third-order valence-corrected chi connectivity index (χ3v) is 4.94. The summed E-state index contributed by atoms with van der Waals surface area (Å²) in [5, 5.41) is 3.09. The number of amides is 1. The highest BCUT2D eigenvalue weighted by molar-refractivity contribution is 5.78. The van der Waals surface area contributed by atoms with Gasteiger partial charge in [0.25, 0.3) is 0 Å². The zero-order valence-electron chi connectivity index (χ0n) is 15.2. The lowest BCUT2D eigenvalue weighted by atomic mass is 10.0. The molecule has 2 saturated heterocycles. The number of likely N-dealkylation sites (tertiary alicyclic amines) is 1. The number of morpholine rings is 1. The van der Waals surface area contributed by atoms with E-state index in [-0.39, 0.29) is 12.0 Å². The highest BCUT2D eigenvalue weighted by Gasteiger charge is 2.24. The van der Waals surface area contributed by atoms with E-state index in [0.717, 1.165) is 39.2 Å². The lowest BCUT2D eigenvalue weighted by Crippen LogP contribution is -2.50. The molecule has 0 aromatic rings. The quantitative estimate of drug-likeness (QED) is 0.774. The van der Waals surface area contributed by atoms with Crippen LogP contribution in [-0.2, 0) is 9.53 Å². The molecule has 1 amide bonds. The van der Waals surface area contributed by atoms with E-state index in [1.54, 1.807) is 0 Å². The van der Waals surface area contributed by atoms with Gasteiger partial charge in [0, 0.05) is 32.2 Å². The summed E-state index contributed by atoms with van der Waals surface area (Å²) < 4.78 is 5.80. The summed E-state index contributed by atoms with van der Waals surface area (Å²) in [6.45, 7) is 12.8. The van der Waals surface area contributed by atoms with E-state index in [2.05, 4.69) is 35.9 Å². The summed E-state index contributed by atoms with van der Waals surface area (Å²) in [7, 11) is 0. The first-order valence-corrected chi connectivity index (χ1v) is 9.43. The van der Waals surface area contributed by atoms with E-state index in [9.17, 15) is 4.79 Å². The summed E-state index contributed by atoms with van der Waals surface area (Å²) >= 11 is 0. The number of hydrogen-bond acceptors (Lipinski definition) is 4. The largest absolute Gasteiger partial charge is 0.374 e. The maximum Gasteiger partial charge on any atom is 0.234 e. The van der Waals surface area contributed by atoms with Crippen LogP contribution >= 0.6 is 0 Å². The fraction of sp³-hybridized carbons (Fsp3) is 0.944. The molecule has 0 bridgehead atoms. The van der Waals surface area contributed by atoms with Crippen LogP contribution in [0.2, 0.25) is 0 Å². The lowest BCUT2D eigenvalue weighted by Gasteiger charge is -2.35. The Hall–Kier alpha value is -0.650. The zero-order valence-corrected chi connectivity index (χ0v) is 15.2. The Bertz CT molecular complexity index is 362. The maximum atomic E-state index is 12.3. The Morgan fingerprint density at radius 3 is 2.87 bits per heavy atom. The monoisotopic (exact) mass is 325 g/mol. The van der Waals surface area contributed by atoms with Gasteiger partial charge in [0.2, 0.25) is 5.91 Å². The van der Waals surface area contributed by atoms with Crippen molar-refractivity contribution in [2.45, 2.75) is 58.6 Å². The number of ether oxygens (including phenoxy) is 1. The molecular weight excluding hydrogens is 290 g/mol. The van der Waals surface area contributed by atoms with E-state index in [1.165, 1.54) is 19.3 Å². The van der Waals surface area contributed by atoms with Crippen molar-refractivity contribution < 1.29 is 9.53 Å². The number of rotatable bonds is 7. The highest BCUT2D eigenvalue weighted by Crippen LogP contribution is 2.18. The van der Waals surface area contributed by atoms with Crippen molar-refractivity contribution in [1.82, 2.24) is 15.1 Å². The van der Waals surface area contributed by atoms with Crippen molar-refractivity contribution >= 4 is 5.91 Å². The molecule has 2 heterocycles. The van der Waals surface area contributed by atoms with E-state index < -0.39 is 0 Å². The summed E-state index contributed by atoms with van der Waals surface area (Å²) in [5.41, 5.74) is 0. The molecule has 2 aliphatic heterocycles. The Balaban J connectivity index is 1.69.